The third-order valence-corrected chi connectivity index (χ3v) is 7.21. The van der Waals surface area contributed by atoms with Crippen molar-refractivity contribution in [3.05, 3.63) is 83.4 Å². The van der Waals surface area contributed by atoms with Gasteiger partial charge in [-0.15, -0.1) is 0 Å². The van der Waals surface area contributed by atoms with E-state index in [0.717, 1.165) is 37.1 Å². The fourth-order valence-corrected chi connectivity index (χ4v) is 5.07. The Kier molecular flexibility index (Phi) is 7.87. The molecule has 2 aliphatic rings. The van der Waals surface area contributed by atoms with E-state index in [-0.39, 0.29) is 41.6 Å². The highest BCUT2D eigenvalue weighted by molar-refractivity contribution is 6.42. The minimum Gasteiger partial charge on any atom is -0.483 e. The zero-order chi connectivity index (χ0) is 28.4. The lowest BCUT2D eigenvalue weighted by atomic mass is 9.99. The molecule has 1 saturated heterocycles. The van der Waals surface area contributed by atoms with E-state index < -0.39 is 35.3 Å². The van der Waals surface area contributed by atoms with E-state index in [1.54, 1.807) is 24.3 Å². The molecule has 1 amide bonds. The molecule has 2 heterocycles. The molecule has 210 valence electrons. The minimum atomic E-state index is -1.31. The van der Waals surface area contributed by atoms with Crippen molar-refractivity contribution in [3.8, 4) is 22.6 Å². The van der Waals surface area contributed by atoms with Gasteiger partial charge in [0.15, 0.2) is 17.3 Å². The summed E-state index contributed by atoms with van der Waals surface area (Å²) in [5, 5.41) is 14.0. The van der Waals surface area contributed by atoms with Crippen molar-refractivity contribution in [2.45, 2.75) is 44.4 Å². The van der Waals surface area contributed by atoms with Crippen LogP contribution in [0.1, 0.15) is 48.7 Å². The van der Waals surface area contributed by atoms with Gasteiger partial charge in [0.25, 0.3) is 5.91 Å². The lowest BCUT2D eigenvalue weighted by Crippen LogP contribution is -2.48. The molecular formula is C31H32F2N2O5. The molecule has 2 aliphatic heterocycles. The molecule has 0 bridgehead atoms. The lowest BCUT2D eigenvalue weighted by molar-refractivity contribution is -0.118. The van der Waals surface area contributed by atoms with Crippen molar-refractivity contribution >= 4 is 11.7 Å². The highest BCUT2D eigenvalue weighted by atomic mass is 19.1. The summed E-state index contributed by atoms with van der Waals surface area (Å²) in [7, 11) is 0. The van der Waals surface area contributed by atoms with Gasteiger partial charge >= 0.3 is 0 Å². The summed E-state index contributed by atoms with van der Waals surface area (Å²) in [5.74, 6) is -2.51. The van der Waals surface area contributed by atoms with Crippen LogP contribution in [0.25, 0.3) is 11.1 Å². The van der Waals surface area contributed by atoms with Crippen LogP contribution in [0.4, 0.5) is 8.78 Å². The molecule has 9 heteroatoms. The monoisotopic (exact) mass is 550 g/mol. The highest BCUT2D eigenvalue weighted by Crippen LogP contribution is 2.40. The third kappa shape index (κ3) is 6.16. The number of ether oxygens (including phenoxy) is 2. The van der Waals surface area contributed by atoms with Gasteiger partial charge in [-0.1, -0.05) is 36.4 Å². The molecule has 2 unspecified atom stereocenters. The van der Waals surface area contributed by atoms with Crippen molar-refractivity contribution in [2.24, 2.45) is 0 Å². The van der Waals surface area contributed by atoms with Gasteiger partial charge in [-0.25, -0.2) is 8.78 Å². The Morgan fingerprint density at radius 3 is 2.27 bits per heavy atom. The first kappa shape index (κ1) is 27.7. The van der Waals surface area contributed by atoms with Crippen molar-refractivity contribution < 1.29 is 33.0 Å². The van der Waals surface area contributed by atoms with Gasteiger partial charge in [0.2, 0.25) is 5.78 Å². The number of aliphatic hydroxyl groups is 1. The molecule has 40 heavy (non-hydrogen) atoms. The first-order valence-electron chi connectivity index (χ1n) is 13.4. The third-order valence-electron chi connectivity index (χ3n) is 7.21. The normalized spacial score (nSPS) is 17.7. The van der Waals surface area contributed by atoms with Gasteiger partial charge < -0.3 is 24.8 Å². The van der Waals surface area contributed by atoms with Gasteiger partial charge in [-0.05, 0) is 80.7 Å². The number of amides is 1. The number of hydrogen-bond donors (Lipinski definition) is 2. The topological polar surface area (TPSA) is 88.1 Å². The Morgan fingerprint density at radius 2 is 1.62 bits per heavy atom. The molecule has 0 spiro atoms. The molecule has 0 radical (unpaired) electrons. The number of nitrogens with one attached hydrogen (secondary N) is 1. The number of aliphatic hydroxyl groups excluding tert-OH is 1. The van der Waals surface area contributed by atoms with Crippen molar-refractivity contribution in [1.29, 1.82) is 0 Å². The highest BCUT2D eigenvalue weighted by Gasteiger charge is 2.34. The first-order chi connectivity index (χ1) is 19.1. The van der Waals surface area contributed by atoms with E-state index in [2.05, 4.69) is 10.2 Å². The van der Waals surface area contributed by atoms with Crippen molar-refractivity contribution in [3.63, 3.8) is 0 Å². The maximum Gasteiger partial charge on any atom is 0.292 e. The van der Waals surface area contributed by atoms with Crippen LogP contribution in [0.15, 0.2) is 60.7 Å². The molecular weight excluding hydrogens is 518 g/mol. The molecule has 3 aromatic carbocycles. The molecule has 3 aromatic rings. The molecule has 7 nitrogen and oxygen atoms in total. The van der Waals surface area contributed by atoms with Crippen LogP contribution in [0, 0.1) is 11.6 Å². The van der Waals surface area contributed by atoms with E-state index in [9.17, 15) is 23.5 Å². The number of rotatable bonds is 8. The first-order valence-corrected chi connectivity index (χ1v) is 13.4. The molecule has 1 fully saturated rings. The molecule has 0 aliphatic carbocycles. The second kappa shape index (κ2) is 11.3. The maximum atomic E-state index is 14.9. The van der Waals surface area contributed by atoms with Crippen LogP contribution in [-0.4, -0.2) is 59.6 Å². The maximum absolute atomic E-state index is 14.9. The summed E-state index contributed by atoms with van der Waals surface area (Å²) in [6.45, 7) is 5.67. The summed E-state index contributed by atoms with van der Waals surface area (Å²) in [6, 6.07) is 14.2. The second-order valence-corrected chi connectivity index (χ2v) is 10.9. The van der Waals surface area contributed by atoms with Crippen molar-refractivity contribution in [2.75, 3.05) is 26.2 Å². The average molecular weight is 551 g/mol. The summed E-state index contributed by atoms with van der Waals surface area (Å²) in [6.07, 6.45) is 0.667. The zero-order valence-corrected chi connectivity index (χ0v) is 22.5. The number of likely N-dealkylation sites (tertiary alicyclic amines) is 1. The number of Topliss-reactive ketones (excluding diaryl/α,β-unsaturated/α-hetero) is 1. The SMILES string of the molecule is CC1(C)COc2c(F)cc(C(O)C(CN3CCCC3)NC(=O)C(=O)c3ccc(-c4ccc(F)cc4)cc3)cc2O1. The Labute approximate surface area is 231 Å². The number of carbonyl (C=O) groups is 2. The fraction of sp³-hybridized carbons (Fsp3) is 0.355. The summed E-state index contributed by atoms with van der Waals surface area (Å²) >= 11 is 0. The standard InChI is InChI=1S/C31H32F2N2O5/c1-31(2)18-39-29-24(33)15-22(16-26(29)40-31)27(36)25(17-35-13-3-4-14-35)34-30(38)28(37)21-7-5-19(6-8-21)20-9-11-23(32)12-10-20/h5-12,15-16,25,27,36H,3-4,13-14,17-18H2,1-2H3,(H,34,38). The van der Waals surface area contributed by atoms with E-state index in [1.165, 1.54) is 36.4 Å². The van der Waals surface area contributed by atoms with Crippen LogP contribution in [0.5, 0.6) is 11.5 Å². The van der Waals surface area contributed by atoms with Gasteiger partial charge in [0.1, 0.15) is 24.1 Å². The summed E-state index contributed by atoms with van der Waals surface area (Å²) in [5.41, 5.74) is 1.24. The number of ketones is 1. The number of halogens is 2. The Morgan fingerprint density at radius 1 is 1.00 bits per heavy atom. The number of benzene rings is 3. The molecule has 2 N–H and O–H groups in total. The minimum absolute atomic E-state index is 0.0188. The van der Waals surface area contributed by atoms with Crippen LogP contribution >= 0.6 is 0 Å². The van der Waals surface area contributed by atoms with E-state index in [4.69, 9.17) is 9.47 Å². The van der Waals surface area contributed by atoms with Crippen molar-refractivity contribution in [1.82, 2.24) is 10.2 Å². The lowest BCUT2D eigenvalue weighted by Gasteiger charge is -2.34. The molecule has 5 rings (SSSR count). The van der Waals surface area contributed by atoms with Gasteiger partial charge in [0.05, 0.1) is 6.04 Å². The number of nitrogens with zero attached hydrogens (tertiary/aromatic N) is 1. The quantitative estimate of drug-likeness (QED) is 0.313. The summed E-state index contributed by atoms with van der Waals surface area (Å²) < 4.78 is 39.6. The smallest absolute Gasteiger partial charge is 0.292 e. The van der Waals surface area contributed by atoms with Crippen LogP contribution in [-0.2, 0) is 4.79 Å². The van der Waals surface area contributed by atoms with Crippen LogP contribution in [0.2, 0.25) is 0 Å². The Bertz CT molecular complexity index is 1390. The summed E-state index contributed by atoms with van der Waals surface area (Å²) in [4.78, 5) is 28.2. The number of fused-ring (bicyclic) bond motifs is 1. The van der Waals surface area contributed by atoms with E-state index >= 15 is 0 Å². The predicted molar refractivity (Wildman–Crippen MR) is 145 cm³/mol. The van der Waals surface area contributed by atoms with Gasteiger partial charge in [0, 0.05) is 12.1 Å². The molecule has 0 aromatic heterocycles. The van der Waals surface area contributed by atoms with Gasteiger partial charge in [-0.2, -0.15) is 0 Å². The van der Waals surface area contributed by atoms with E-state index in [1.807, 2.05) is 13.8 Å². The fourth-order valence-electron chi connectivity index (χ4n) is 5.07. The van der Waals surface area contributed by atoms with E-state index in [0.29, 0.717) is 0 Å². The van der Waals surface area contributed by atoms with Crippen LogP contribution in [0.3, 0.4) is 0 Å². The second-order valence-electron chi connectivity index (χ2n) is 10.9. The Balaban J connectivity index is 1.34. The average Bonchev–Trinajstić information content (AvgIpc) is 3.45. The Hall–Kier alpha value is -3.82. The molecule has 2 atom stereocenters. The number of carbonyl (C=O) groups excluding carboxylic acids is 2. The van der Waals surface area contributed by atoms with Gasteiger partial charge in [-0.3, -0.25) is 9.59 Å². The largest absolute Gasteiger partial charge is 0.483 e. The predicted octanol–water partition coefficient (Wildman–Crippen LogP) is 4.68. The van der Waals surface area contributed by atoms with Crippen LogP contribution < -0.4 is 14.8 Å². The zero-order valence-electron chi connectivity index (χ0n) is 22.5. The molecule has 0 saturated carbocycles. The number of hydrogen-bond acceptors (Lipinski definition) is 6.